The van der Waals surface area contributed by atoms with Crippen LogP contribution < -0.4 is 16.4 Å². The van der Waals surface area contributed by atoms with Crippen molar-refractivity contribution < 1.29 is 9.18 Å². The second kappa shape index (κ2) is 5.58. The third-order valence-electron chi connectivity index (χ3n) is 2.36. The first-order chi connectivity index (χ1) is 9.04. The highest BCUT2D eigenvalue weighted by molar-refractivity contribution is 6.31. The molecule has 2 rings (SSSR count). The number of halogens is 2. The van der Waals surface area contributed by atoms with Gasteiger partial charge in [0.1, 0.15) is 5.82 Å². The second-order valence-corrected chi connectivity index (χ2v) is 4.25. The number of nitrogens with two attached hydrogens (primary N) is 1. The fourth-order valence-electron chi connectivity index (χ4n) is 1.47. The molecule has 0 fully saturated rings. The molecule has 0 bridgehead atoms. The first-order valence-electron chi connectivity index (χ1n) is 5.43. The van der Waals surface area contributed by atoms with Crippen molar-refractivity contribution in [1.82, 2.24) is 0 Å². The summed E-state index contributed by atoms with van der Waals surface area (Å²) in [5.41, 5.74) is 7.00. The lowest BCUT2D eigenvalue weighted by molar-refractivity contribution is 0.262. The molecule has 2 aromatic rings. The molecule has 0 aliphatic rings. The van der Waals surface area contributed by atoms with Crippen molar-refractivity contribution >= 4 is 34.7 Å². The van der Waals surface area contributed by atoms with Crippen molar-refractivity contribution in [2.75, 3.05) is 16.4 Å². The van der Waals surface area contributed by atoms with Gasteiger partial charge >= 0.3 is 6.03 Å². The third kappa shape index (κ3) is 3.59. The topological polar surface area (TPSA) is 67.1 Å². The van der Waals surface area contributed by atoms with Gasteiger partial charge in [-0.25, -0.2) is 9.18 Å². The zero-order chi connectivity index (χ0) is 13.8. The molecule has 19 heavy (non-hydrogen) atoms. The smallest absolute Gasteiger partial charge is 0.323 e. The van der Waals surface area contributed by atoms with Gasteiger partial charge in [-0.05, 0) is 42.5 Å². The zero-order valence-electron chi connectivity index (χ0n) is 9.78. The summed E-state index contributed by atoms with van der Waals surface area (Å²) in [5, 5.41) is 5.62. The molecule has 98 valence electrons. The summed E-state index contributed by atoms with van der Waals surface area (Å²) in [4.78, 5) is 11.7. The van der Waals surface area contributed by atoms with Gasteiger partial charge in [0.2, 0.25) is 0 Å². The lowest BCUT2D eigenvalue weighted by Crippen LogP contribution is -2.20. The van der Waals surface area contributed by atoms with Gasteiger partial charge in [-0.3, -0.25) is 0 Å². The lowest BCUT2D eigenvalue weighted by atomic mass is 10.2. The van der Waals surface area contributed by atoms with E-state index in [9.17, 15) is 9.18 Å². The molecule has 4 nitrogen and oxygen atoms in total. The maximum atomic E-state index is 12.7. The Morgan fingerprint density at radius 3 is 2.42 bits per heavy atom. The summed E-state index contributed by atoms with van der Waals surface area (Å²) in [6.45, 7) is 0. The summed E-state index contributed by atoms with van der Waals surface area (Å²) >= 11 is 5.75. The van der Waals surface area contributed by atoms with E-state index in [1.807, 2.05) is 0 Å². The van der Waals surface area contributed by atoms with Crippen LogP contribution in [0.3, 0.4) is 0 Å². The Labute approximate surface area is 114 Å². The van der Waals surface area contributed by atoms with Crippen molar-refractivity contribution in [2.45, 2.75) is 0 Å². The van der Waals surface area contributed by atoms with E-state index in [-0.39, 0.29) is 5.82 Å². The van der Waals surface area contributed by atoms with Crippen molar-refractivity contribution in [3.05, 3.63) is 53.3 Å². The van der Waals surface area contributed by atoms with Crippen LogP contribution in [-0.4, -0.2) is 6.03 Å². The van der Waals surface area contributed by atoms with Gasteiger partial charge in [-0.2, -0.15) is 0 Å². The fourth-order valence-corrected chi connectivity index (χ4v) is 1.65. The molecule has 0 saturated carbocycles. The molecule has 2 amide bonds. The minimum Gasteiger partial charge on any atom is -0.397 e. The molecular formula is C13H11ClFN3O. The van der Waals surface area contributed by atoms with Gasteiger partial charge < -0.3 is 16.4 Å². The predicted molar refractivity (Wildman–Crippen MR) is 74.9 cm³/mol. The number of rotatable bonds is 2. The SMILES string of the molecule is Nc1cc(Cl)ccc1NC(=O)Nc1ccc(F)cc1. The summed E-state index contributed by atoms with van der Waals surface area (Å²) in [6.07, 6.45) is 0. The quantitative estimate of drug-likeness (QED) is 0.734. The van der Waals surface area contributed by atoms with E-state index in [0.29, 0.717) is 22.1 Å². The van der Waals surface area contributed by atoms with Gasteiger partial charge in [0, 0.05) is 10.7 Å². The molecule has 0 heterocycles. The van der Waals surface area contributed by atoms with Crippen LogP contribution >= 0.6 is 11.6 Å². The molecule has 0 aliphatic heterocycles. The van der Waals surface area contributed by atoms with Crippen LogP contribution in [0, 0.1) is 5.82 Å². The number of nitrogen functional groups attached to an aromatic ring is 1. The Hall–Kier alpha value is -2.27. The molecule has 0 saturated heterocycles. The standard InChI is InChI=1S/C13H11ClFN3O/c14-8-1-6-12(11(16)7-8)18-13(19)17-10-4-2-9(15)3-5-10/h1-7H,16H2,(H2,17,18,19). The molecule has 0 aromatic heterocycles. The van der Waals surface area contributed by atoms with Gasteiger partial charge in [0.25, 0.3) is 0 Å². The summed E-state index contributed by atoms with van der Waals surface area (Å²) in [5.74, 6) is -0.368. The maximum Gasteiger partial charge on any atom is 0.323 e. The highest BCUT2D eigenvalue weighted by atomic mass is 35.5. The Morgan fingerprint density at radius 2 is 1.79 bits per heavy atom. The Bertz CT molecular complexity index is 601. The normalized spacial score (nSPS) is 10.0. The van der Waals surface area contributed by atoms with Gasteiger partial charge in [0.15, 0.2) is 0 Å². The van der Waals surface area contributed by atoms with E-state index in [0.717, 1.165) is 0 Å². The molecule has 0 spiro atoms. The molecule has 4 N–H and O–H groups in total. The van der Waals surface area contributed by atoms with Crippen molar-refractivity contribution in [2.24, 2.45) is 0 Å². The largest absolute Gasteiger partial charge is 0.397 e. The van der Waals surface area contributed by atoms with Gasteiger partial charge in [-0.15, -0.1) is 0 Å². The van der Waals surface area contributed by atoms with Crippen molar-refractivity contribution in [3.63, 3.8) is 0 Å². The third-order valence-corrected chi connectivity index (χ3v) is 2.60. The molecular weight excluding hydrogens is 269 g/mol. The zero-order valence-corrected chi connectivity index (χ0v) is 10.5. The summed E-state index contributed by atoms with van der Waals surface area (Å²) < 4.78 is 12.7. The minimum atomic E-state index is -0.472. The first kappa shape index (κ1) is 13.2. The van der Waals surface area contributed by atoms with E-state index in [2.05, 4.69) is 10.6 Å². The van der Waals surface area contributed by atoms with E-state index in [1.165, 1.54) is 30.3 Å². The maximum absolute atomic E-state index is 12.7. The van der Waals surface area contributed by atoms with Crippen LogP contribution in [0.1, 0.15) is 0 Å². The molecule has 0 unspecified atom stereocenters. The number of nitrogens with one attached hydrogen (secondary N) is 2. The summed E-state index contributed by atoms with van der Waals surface area (Å²) in [6, 6.07) is 9.71. The van der Waals surface area contributed by atoms with E-state index < -0.39 is 6.03 Å². The highest BCUT2D eigenvalue weighted by Crippen LogP contribution is 2.22. The van der Waals surface area contributed by atoms with Crippen LogP contribution in [0.15, 0.2) is 42.5 Å². The number of hydrogen-bond acceptors (Lipinski definition) is 2. The van der Waals surface area contributed by atoms with Crippen LogP contribution in [0.5, 0.6) is 0 Å². The molecule has 6 heteroatoms. The average Bonchev–Trinajstić information content (AvgIpc) is 2.36. The van der Waals surface area contributed by atoms with Crippen LogP contribution in [0.2, 0.25) is 5.02 Å². The number of amides is 2. The highest BCUT2D eigenvalue weighted by Gasteiger charge is 2.05. The number of urea groups is 1. The van der Waals surface area contributed by atoms with Crippen LogP contribution in [0.4, 0.5) is 26.2 Å². The van der Waals surface area contributed by atoms with Gasteiger partial charge in [-0.1, -0.05) is 11.6 Å². The molecule has 2 aromatic carbocycles. The van der Waals surface area contributed by atoms with Crippen molar-refractivity contribution in [1.29, 1.82) is 0 Å². The fraction of sp³-hybridized carbons (Fsp3) is 0. The Morgan fingerprint density at radius 1 is 1.11 bits per heavy atom. The number of benzene rings is 2. The molecule has 0 radical (unpaired) electrons. The van der Waals surface area contributed by atoms with Gasteiger partial charge in [0.05, 0.1) is 11.4 Å². The predicted octanol–water partition coefficient (Wildman–Crippen LogP) is 3.71. The van der Waals surface area contributed by atoms with E-state index >= 15 is 0 Å². The number of hydrogen-bond donors (Lipinski definition) is 3. The molecule has 0 aliphatic carbocycles. The Balaban J connectivity index is 2.03. The average molecular weight is 280 g/mol. The lowest BCUT2D eigenvalue weighted by Gasteiger charge is -2.09. The van der Waals surface area contributed by atoms with Crippen LogP contribution in [-0.2, 0) is 0 Å². The molecule has 0 atom stereocenters. The monoisotopic (exact) mass is 279 g/mol. The number of anilines is 3. The number of carbonyl (C=O) groups excluding carboxylic acids is 1. The van der Waals surface area contributed by atoms with E-state index in [4.69, 9.17) is 17.3 Å². The van der Waals surface area contributed by atoms with Crippen molar-refractivity contribution in [3.8, 4) is 0 Å². The number of carbonyl (C=O) groups is 1. The van der Waals surface area contributed by atoms with Crippen LogP contribution in [0.25, 0.3) is 0 Å². The second-order valence-electron chi connectivity index (χ2n) is 3.82. The summed E-state index contributed by atoms with van der Waals surface area (Å²) in [7, 11) is 0. The van der Waals surface area contributed by atoms with E-state index in [1.54, 1.807) is 12.1 Å². The Kier molecular flexibility index (Phi) is 3.87. The first-order valence-corrected chi connectivity index (χ1v) is 5.81. The minimum absolute atomic E-state index is 0.363.